The Labute approximate surface area is 202 Å². The molecule has 3 N–H and O–H groups in total. The third-order valence-electron chi connectivity index (χ3n) is 6.63. The molecule has 0 bridgehead atoms. The molecule has 3 heterocycles. The first kappa shape index (κ1) is 23.5. The molecular weight excluding hydrogens is 457 g/mol. The van der Waals surface area contributed by atoms with Gasteiger partial charge in [-0.2, -0.15) is 0 Å². The summed E-state index contributed by atoms with van der Waals surface area (Å²) >= 11 is 0. The van der Waals surface area contributed by atoms with Crippen LogP contribution in [0.15, 0.2) is 42.5 Å². The lowest BCUT2D eigenvalue weighted by atomic mass is 9.84. The van der Waals surface area contributed by atoms with E-state index in [9.17, 15) is 19.1 Å². The largest absolute Gasteiger partial charge is 0.487 e. The van der Waals surface area contributed by atoms with Crippen molar-refractivity contribution < 1.29 is 33.3 Å². The van der Waals surface area contributed by atoms with E-state index in [2.05, 4.69) is 10.6 Å². The maximum atomic E-state index is 13.1. The van der Waals surface area contributed by atoms with Gasteiger partial charge in [-0.3, -0.25) is 4.79 Å². The molecule has 3 aliphatic heterocycles. The van der Waals surface area contributed by atoms with E-state index in [-0.39, 0.29) is 42.9 Å². The number of carbonyl (C=O) groups excluding carboxylic acids is 2. The van der Waals surface area contributed by atoms with E-state index in [1.807, 2.05) is 6.07 Å². The highest BCUT2D eigenvalue weighted by Crippen LogP contribution is 2.47. The Bertz CT molecular complexity index is 1080. The average Bonchev–Trinajstić information content (AvgIpc) is 3.23. The van der Waals surface area contributed by atoms with Gasteiger partial charge in [-0.15, -0.1) is 0 Å². The SMILES string of the molecule is O=C(Nc1ccc(F)cc1)Nc1ccc2c(c1)[C@H]1C[C@@H](CC(=O)N3CCOCC3)O[C@H](CO)[C@H]1O2. The van der Waals surface area contributed by atoms with Crippen LogP contribution in [0, 0.1) is 5.82 Å². The highest BCUT2D eigenvalue weighted by Gasteiger charge is 2.46. The zero-order valence-corrected chi connectivity index (χ0v) is 19.1. The topological polar surface area (TPSA) is 109 Å². The van der Waals surface area contributed by atoms with Crippen molar-refractivity contribution in [3.05, 3.63) is 53.8 Å². The summed E-state index contributed by atoms with van der Waals surface area (Å²) < 4.78 is 30.6. The lowest BCUT2D eigenvalue weighted by Gasteiger charge is -2.38. The van der Waals surface area contributed by atoms with Crippen LogP contribution in [0.3, 0.4) is 0 Å². The minimum atomic E-state index is -0.554. The number of carbonyl (C=O) groups is 2. The molecule has 2 saturated heterocycles. The van der Waals surface area contributed by atoms with Crippen molar-refractivity contribution in [2.45, 2.75) is 37.1 Å². The highest BCUT2D eigenvalue weighted by atomic mass is 19.1. The minimum absolute atomic E-state index is 0.0143. The maximum Gasteiger partial charge on any atom is 0.323 e. The number of nitrogens with one attached hydrogen (secondary N) is 2. The molecule has 2 fully saturated rings. The third-order valence-corrected chi connectivity index (χ3v) is 6.63. The Morgan fingerprint density at radius 2 is 1.77 bits per heavy atom. The van der Waals surface area contributed by atoms with Crippen molar-refractivity contribution in [3.8, 4) is 5.75 Å². The molecule has 10 heteroatoms. The van der Waals surface area contributed by atoms with E-state index in [1.165, 1.54) is 24.3 Å². The second-order valence-electron chi connectivity index (χ2n) is 8.94. The van der Waals surface area contributed by atoms with Crippen LogP contribution < -0.4 is 15.4 Å². The maximum absolute atomic E-state index is 13.1. The zero-order chi connectivity index (χ0) is 24.4. The third kappa shape index (κ3) is 5.24. The van der Waals surface area contributed by atoms with Crippen molar-refractivity contribution in [1.82, 2.24) is 4.90 Å². The molecule has 2 aromatic carbocycles. The molecule has 35 heavy (non-hydrogen) atoms. The van der Waals surface area contributed by atoms with Gasteiger partial charge in [0, 0.05) is 35.9 Å². The van der Waals surface area contributed by atoms with E-state index in [0.29, 0.717) is 49.8 Å². The summed E-state index contributed by atoms with van der Waals surface area (Å²) in [6.07, 6.45) is -0.478. The van der Waals surface area contributed by atoms with Gasteiger partial charge in [-0.25, -0.2) is 9.18 Å². The van der Waals surface area contributed by atoms with Crippen LogP contribution in [0.5, 0.6) is 5.75 Å². The van der Waals surface area contributed by atoms with Gasteiger partial charge >= 0.3 is 6.03 Å². The first-order valence-corrected chi connectivity index (χ1v) is 11.8. The molecule has 2 aromatic rings. The molecule has 0 unspecified atom stereocenters. The monoisotopic (exact) mass is 485 g/mol. The van der Waals surface area contributed by atoms with Gasteiger partial charge in [0.25, 0.3) is 0 Å². The molecule has 0 aromatic heterocycles. The molecule has 5 rings (SSSR count). The summed E-state index contributed by atoms with van der Waals surface area (Å²) in [7, 11) is 0. The fourth-order valence-electron chi connectivity index (χ4n) is 4.93. The molecule has 0 radical (unpaired) electrons. The van der Waals surface area contributed by atoms with E-state index in [0.717, 1.165) is 5.56 Å². The van der Waals surface area contributed by atoms with Crippen molar-refractivity contribution in [1.29, 1.82) is 0 Å². The number of hydrogen-bond donors (Lipinski definition) is 3. The van der Waals surface area contributed by atoms with Crippen LogP contribution >= 0.6 is 0 Å². The number of aliphatic hydroxyl groups excluding tert-OH is 1. The number of benzene rings is 2. The second kappa shape index (κ2) is 10.2. The van der Waals surface area contributed by atoms with Crippen LogP contribution in [0.25, 0.3) is 0 Å². The van der Waals surface area contributed by atoms with Gasteiger partial charge in [0.05, 0.1) is 32.3 Å². The minimum Gasteiger partial charge on any atom is -0.487 e. The van der Waals surface area contributed by atoms with Crippen LogP contribution in [-0.4, -0.2) is 73.2 Å². The van der Waals surface area contributed by atoms with Crippen molar-refractivity contribution in [2.24, 2.45) is 0 Å². The van der Waals surface area contributed by atoms with E-state index >= 15 is 0 Å². The number of fused-ring (bicyclic) bond motifs is 3. The van der Waals surface area contributed by atoms with Gasteiger partial charge in [-0.1, -0.05) is 0 Å². The number of nitrogens with zero attached hydrogens (tertiary/aromatic N) is 1. The predicted octanol–water partition coefficient (Wildman–Crippen LogP) is 2.71. The quantitative estimate of drug-likeness (QED) is 0.601. The normalized spacial score (nSPS) is 25.3. The summed E-state index contributed by atoms with van der Waals surface area (Å²) in [5, 5.41) is 15.4. The smallest absolute Gasteiger partial charge is 0.323 e. The fourth-order valence-corrected chi connectivity index (χ4v) is 4.93. The molecule has 3 amide bonds. The first-order chi connectivity index (χ1) is 17.0. The van der Waals surface area contributed by atoms with Gasteiger partial charge in [0.2, 0.25) is 5.91 Å². The Balaban J connectivity index is 1.27. The molecule has 186 valence electrons. The van der Waals surface area contributed by atoms with E-state index in [4.69, 9.17) is 14.2 Å². The van der Waals surface area contributed by atoms with Crippen molar-refractivity contribution in [2.75, 3.05) is 43.5 Å². The number of amides is 3. The molecule has 0 spiro atoms. The molecule has 4 atom stereocenters. The molecule has 0 saturated carbocycles. The fraction of sp³-hybridized carbons (Fsp3) is 0.440. The Kier molecular flexibility index (Phi) is 6.85. The van der Waals surface area contributed by atoms with Gasteiger partial charge in [0.15, 0.2) is 0 Å². The molecule has 3 aliphatic rings. The number of rotatable bonds is 5. The summed E-state index contributed by atoms with van der Waals surface area (Å²) in [6, 6.07) is 10.4. The predicted molar refractivity (Wildman–Crippen MR) is 125 cm³/mol. The summed E-state index contributed by atoms with van der Waals surface area (Å²) in [5.74, 6) is 0.221. The number of urea groups is 1. The molecule has 0 aliphatic carbocycles. The number of ether oxygens (including phenoxy) is 3. The van der Waals surface area contributed by atoms with Gasteiger partial charge < -0.3 is 34.9 Å². The Hall–Kier alpha value is -3.21. The zero-order valence-electron chi connectivity index (χ0n) is 19.1. The lowest BCUT2D eigenvalue weighted by Crippen LogP contribution is -2.48. The van der Waals surface area contributed by atoms with Gasteiger partial charge in [-0.05, 0) is 48.9 Å². The number of anilines is 2. The Morgan fingerprint density at radius 1 is 1.06 bits per heavy atom. The van der Waals surface area contributed by atoms with Crippen LogP contribution in [0.2, 0.25) is 0 Å². The van der Waals surface area contributed by atoms with Crippen molar-refractivity contribution >= 4 is 23.3 Å². The van der Waals surface area contributed by atoms with Crippen LogP contribution in [0.4, 0.5) is 20.6 Å². The summed E-state index contributed by atoms with van der Waals surface area (Å²) in [5.41, 5.74) is 1.94. The summed E-state index contributed by atoms with van der Waals surface area (Å²) in [4.78, 5) is 27.0. The van der Waals surface area contributed by atoms with E-state index in [1.54, 1.807) is 17.0 Å². The second-order valence-corrected chi connectivity index (χ2v) is 8.94. The van der Waals surface area contributed by atoms with Gasteiger partial charge in [0.1, 0.15) is 23.8 Å². The number of aliphatic hydroxyl groups is 1. The Morgan fingerprint density at radius 3 is 2.51 bits per heavy atom. The highest BCUT2D eigenvalue weighted by molar-refractivity contribution is 5.99. The van der Waals surface area contributed by atoms with Crippen LogP contribution in [0.1, 0.15) is 24.3 Å². The average molecular weight is 486 g/mol. The number of hydrogen-bond acceptors (Lipinski definition) is 6. The lowest BCUT2D eigenvalue weighted by molar-refractivity contribution is -0.151. The standard InChI is InChI=1S/C25H28FN3O6/c26-15-1-3-16(4-2-15)27-25(32)28-17-5-6-21-19(11-17)20-12-18(34-22(14-30)24(20)35-21)13-23(31)29-7-9-33-10-8-29/h1-6,11,18,20,22,24,30H,7-10,12-14H2,(H2,27,28,32)/t18-,20+,22+,24-/m0/s1. The van der Waals surface area contributed by atoms with Crippen LogP contribution in [-0.2, 0) is 14.3 Å². The number of morpholine rings is 1. The van der Waals surface area contributed by atoms with E-state index < -0.39 is 12.1 Å². The molecular formula is C25H28FN3O6. The summed E-state index contributed by atoms with van der Waals surface area (Å²) in [6.45, 7) is 1.99. The first-order valence-electron chi connectivity index (χ1n) is 11.8. The molecule has 9 nitrogen and oxygen atoms in total. The number of halogens is 1. The van der Waals surface area contributed by atoms with Crippen molar-refractivity contribution in [3.63, 3.8) is 0 Å².